The van der Waals surface area contributed by atoms with Gasteiger partial charge in [0.05, 0.1) is 12.2 Å². The summed E-state index contributed by atoms with van der Waals surface area (Å²) < 4.78 is 5.65. The van der Waals surface area contributed by atoms with Gasteiger partial charge in [-0.3, -0.25) is 4.79 Å². The van der Waals surface area contributed by atoms with E-state index in [0.717, 1.165) is 24.3 Å². The summed E-state index contributed by atoms with van der Waals surface area (Å²) in [4.78, 5) is 10.4. The van der Waals surface area contributed by atoms with Crippen LogP contribution in [0.3, 0.4) is 0 Å². The Morgan fingerprint density at radius 1 is 1.67 bits per heavy atom. The fraction of sp³-hybridized carbons (Fsp3) is 0.900. The quantitative estimate of drug-likeness (QED) is 0.672. The summed E-state index contributed by atoms with van der Waals surface area (Å²) >= 11 is 1.73. The molecule has 0 aromatic carbocycles. The number of ether oxygens (including phenoxy) is 1. The Hall–Kier alpha value is -0.260. The van der Waals surface area contributed by atoms with E-state index >= 15 is 0 Å². The van der Waals surface area contributed by atoms with Crippen molar-refractivity contribution >= 4 is 17.7 Å². The number of rotatable bonds is 6. The predicted octanol–water partition coefficient (Wildman–Crippen LogP) is 1.09. The smallest absolute Gasteiger partial charge is 0.320 e. The summed E-state index contributed by atoms with van der Waals surface area (Å²) in [6.07, 6.45) is 3.53. The molecule has 0 bridgehead atoms. The van der Waals surface area contributed by atoms with Gasteiger partial charge in [0, 0.05) is 5.75 Å². The van der Waals surface area contributed by atoms with Crippen LogP contribution in [0.5, 0.6) is 0 Å². The van der Waals surface area contributed by atoms with Crippen LogP contribution in [0, 0.1) is 0 Å². The molecule has 4 nitrogen and oxygen atoms in total. The fourth-order valence-corrected chi connectivity index (χ4v) is 2.65. The molecule has 0 spiro atoms. The maximum atomic E-state index is 10.4. The highest BCUT2D eigenvalue weighted by molar-refractivity contribution is 7.99. The number of carbonyl (C=O) groups is 1. The monoisotopic (exact) mass is 233 g/mol. The van der Waals surface area contributed by atoms with Gasteiger partial charge in [0.15, 0.2) is 0 Å². The second-order valence-electron chi connectivity index (χ2n) is 3.95. The molecule has 0 aromatic rings. The number of thioether (sulfide) groups is 1. The van der Waals surface area contributed by atoms with E-state index in [1.807, 2.05) is 0 Å². The second kappa shape index (κ2) is 6.35. The minimum Gasteiger partial charge on any atom is -0.480 e. The number of carboxylic acid groups (broad SMARTS) is 1. The van der Waals surface area contributed by atoms with Crippen LogP contribution in [-0.2, 0) is 9.53 Å². The zero-order chi connectivity index (χ0) is 11.3. The Morgan fingerprint density at radius 2 is 2.40 bits per heavy atom. The maximum Gasteiger partial charge on any atom is 0.320 e. The third-order valence-electron chi connectivity index (χ3n) is 2.51. The molecule has 0 radical (unpaired) electrons. The van der Waals surface area contributed by atoms with E-state index in [4.69, 9.17) is 15.6 Å². The number of aliphatic carboxylic acids is 1. The Bertz CT molecular complexity index is 213. The summed E-state index contributed by atoms with van der Waals surface area (Å²) in [5.74, 6) is 0.833. The lowest BCUT2D eigenvalue weighted by atomic mass is 10.2. The minimum atomic E-state index is -0.915. The Kier molecular flexibility index (Phi) is 5.42. The molecule has 1 saturated heterocycles. The zero-order valence-electron chi connectivity index (χ0n) is 9.02. The van der Waals surface area contributed by atoms with E-state index in [9.17, 15) is 4.79 Å². The molecule has 5 heteroatoms. The van der Waals surface area contributed by atoms with Gasteiger partial charge in [0.25, 0.3) is 0 Å². The van der Waals surface area contributed by atoms with E-state index in [2.05, 4.69) is 6.92 Å². The van der Waals surface area contributed by atoms with Crippen LogP contribution in [0.2, 0.25) is 0 Å². The van der Waals surface area contributed by atoms with Crippen LogP contribution < -0.4 is 5.73 Å². The van der Waals surface area contributed by atoms with Crippen LogP contribution >= 0.6 is 11.8 Å². The number of carboxylic acids is 1. The lowest BCUT2D eigenvalue weighted by molar-refractivity contribution is -0.138. The van der Waals surface area contributed by atoms with Crippen LogP contribution in [0.4, 0.5) is 0 Å². The molecule has 0 saturated carbocycles. The van der Waals surface area contributed by atoms with E-state index in [1.54, 1.807) is 11.8 Å². The van der Waals surface area contributed by atoms with Crippen LogP contribution in [-0.4, -0.2) is 40.8 Å². The maximum absolute atomic E-state index is 10.4. The van der Waals surface area contributed by atoms with Gasteiger partial charge in [0.1, 0.15) is 6.04 Å². The summed E-state index contributed by atoms with van der Waals surface area (Å²) in [7, 11) is 0. The van der Waals surface area contributed by atoms with Crippen molar-refractivity contribution in [3.63, 3.8) is 0 Å². The first-order valence-corrected chi connectivity index (χ1v) is 6.46. The Labute approximate surface area is 94.6 Å². The molecule has 1 aliphatic heterocycles. The molecule has 1 heterocycles. The average molecular weight is 233 g/mol. The molecule has 3 atom stereocenters. The largest absolute Gasteiger partial charge is 0.480 e. The van der Waals surface area contributed by atoms with Gasteiger partial charge >= 0.3 is 5.97 Å². The van der Waals surface area contributed by atoms with Crippen molar-refractivity contribution in [2.75, 3.05) is 11.5 Å². The SMILES string of the molecule is CC1CCC(CSCCC(N)C(=O)O)O1. The molecule has 0 amide bonds. The van der Waals surface area contributed by atoms with Crippen molar-refractivity contribution in [2.45, 2.75) is 44.4 Å². The van der Waals surface area contributed by atoms with E-state index in [0.29, 0.717) is 18.6 Å². The normalized spacial score (nSPS) is 27.9. The van der Waals surface area contributed by atoms with Crippen molar-refractivity contribution in [3.05, 3.63) is 0 Å². The molecule has 1 rings (SSSR count). The topological polar surface area (TPSA) is 72.6 Å². The number of hydrogen-bond acceptors (Lipinski definition) is 4. The highest BCUT2D eigenvalue weighted by atomic mass is 32.2. The fourth-order valence-electron chi connectivity index (χ4n) is 1.56. The lowest BCUT2D eigenvalue weighted by Gasteiger charge is -2.11. The van der Waals surface area contributed by atoms with Crippen molar-refractivity contribution in [1.82, 2.24) is 0 Å². The van der Waals surface area contributed by atoms with Crippen molar-refractivity contribution in [1.29, 1.82) is 0 Å². The molecule has 1 aliphatic rings. The lowest BCUT2D eigenvalue weighted by Crippen LogP contribution is -2.30. The van der Waals surface area contributed by atoms with Gasteiger partial charge in [-0.2, -0.15) is 11.8 Å². The van der Waals surface area contributed by atoms with Gasteiger partial charge in [-0.15, -0.1) is 0 Å². The summed E-state index contributed by atoms with van der Waals surface area (Å²) in [6.45, 7) is 2.09. The highest BCUT2D eigenvalue weighted by Crippen LogP contribution is 2.22. The van der Waals surface area contributed by atoms with E-state index in [-0.39, 0.29) is 0 Å². The molecule has 3 N–H and O–H groups in total. The third kappa shape index (κ3) is 4.86. The molecule has 1 fully saturated rings. The average Bonchev–Trinajstić information content (AvgIpc) is 2.58. The first-order chi connectivity index (χ1) is 7.09. The highest BCUT2D eigenvalue weighted by Gasteiger charge is 2.21. The first-order valence-electron chi connectivity index (χ1n) is 5.31. The molecule has 0 aromatic heterocycles. The Balaban J connectivity index is 2.00. The molecule has 3 unspecified atom stereocenters. The summed E-state index contributed by atoms with van der Waals surface area (Å²) in [5, 5.41) is 8.57. The zero-order valence-corrected chi connectivity index (χ0v) is 9.83. The molecule has 0 aliphatic carbocycles. The standard InChI is InChI=1S/C10H19NO3S/c1-7-2-3-8(14-7)6-15-5-4-9(11)10(12)13/h7-9H,2-6,11H2,1H3,(H,12,13). The van der Waals surface area contributed by atoms with Gasteiger partial charge in [-0.1, -0.05) is 0 Å². The van der Waals surface area contributed by atoms with Crippen LogP contribution in [0.25, 0.3) is 0 Å². The van der Waals surface area contributed by atoms with Crippen molar-refractivity contribution in [3.8, 4) is 0 Å². The van der Waals surface area contributed by atoms with E-state index < -0.39 is 12.0 Å². The Morgan fingerprint density at radius 3 is 2.93 bits per heavy atom. The van der Waals surface area contributed by atoms with Crippen molar-refractivity contribution in [2.24, 2.45) is 5.73 Å². The number of hydrogen-bond donors (Lipinski definition) is 2. The number of nitrogens with two attached hydrogens (primary N) is 1. The molecule has 88 valence electrons. The van der Waals surface area contributed by atoms with Crippen molar-refractivity contribution < 1.29 is 14.6 Å². The summed E-state index contributed by atoms with van der Waals surface area (Å²) in [6, 6.07) is -0.721. The first kappa shape index (κ1) is 12.8. The summed E-state index contributed by atoms with van der Waals surface area (Å²) in [5.41, 5.74) is 5.39. The van der Waals surface area contributed by atoms with Gasteiger partial charge in [-0.05, 0) is 31.9 Å². The van der Waals surface area contributed by atoms with E-state index in [1.165, 1.54) is 0 Å². The molecule has 15 heavy (non-hydrogen) atoms. The van der Waals surface area contributed by atoms with Gasteiger partial charge < -0.3 is 15.6 Å². The van der Waals surface area contributed by atoms with Gasteiger partial charge in [-0.25, -0.2) is 0 Å². The minimum absolute atomic E-state index is 0.353. The molecular formula is C10H19NO3S. The molecular weight excluding hydrogens is 214 g/mol. The van der Waals surface area contributed by atoms with Crippen LogP contribution in [0.1, 0.15) is 26.2 Å². The second-order valence-corrected chi connectivity index (χ2v) is 5.10. The van der Waals surface area contributed by atoms with Gasteiger partial charge in [0.2, 0.25) is 0 Å². The van der Waals surface area contributed by atoms with Crippen LogP contribution in [0.15, 0.2) is 0 Å². The third-order valence-corrected chi connectivity index (χ3v) is 3.65. The predicted molar refractivity (Wildman–Crippen MR) is 61.1 cm³/mol.